The topological polar surface area (TPSA) is 74.4 Å². The third kappa shape index (κ3) is 4.36. The van der Waals surface area contributed by atoms with Crippen molar-refractivity contribution in [2.75, 3.05) is 18.5 Å². The summed E-state index contributed by atoms with van der Waals surface area (Å²) in [6, 6.07) is 13.1. The van der Waals surface area contributed by atoms with E-state index in [1.165, 1.54) is 17.0 Å². The lowest BCUT2D eigenvalue weighted by molar-refractivity contribution is 0.0818. The molecule has 6 nitrogen and oxygen atoms in total. The Hall–Kier alpha value is -3.19. The Morgan fingerprint density at radius 3 is 2.87 bits per heavy atom. The molecule has 2 aromatic carbocycles. The molecular weight excluding hydrogens is 385 g/mol. The van der Waals surface area contributed by atoms with Crippen LogP contribution in [0.3, 0.4) is 0 Å². The van der Waals surface area contributed by atoms with E-state index in [1.807, 2.05) is 25.1 Å². The number of fused-ring (bicyclic) bond motifs is 1. The van der Waals surface area contributed by atoms with Gasteiger partial charge < -0.3 is 19.9 Å². The molecule has 0 bridgehead atoms. The summed E-state index contributed by atoms with van der Waals surface area (Å²) in [7, 11) is 0. The van der Waals surface area contributed by atoms with E-state index in [9.17, 15) is 14.0 Å². The van der Waals surface area contributed by atoms with E-state index >= 15 is 0 Å². The monoisotopic (exact) mass is 409 g/mol. The Kier molecular flexibility index (Phi) is 5.81. The fourth-order valence-electron chi connectivity index (χ4n) is 3.76. The highest BCUT2D eigenvalue weighted by Crippen LogP contribution is 2.19. The SMILES string of the molecule is Cc1cccc2cc(CN(C[C@H]3CCCO3)C(=O)Nc3ccccc3F)c(=O)[nH]c12. The number of amides is 2. The number of benzene rings is 2. The number of H-pyrrole nitrogens is 1. The van der Waals surface area contributed by atoms with Crippen molar-refractivity contribution < 1.29 is 13.9 Å². The van der Waals surface area contributed by atoms with Crippen LogP contribution in [-0.4, -0.2) is 35.2 Å². The zero-order valence-electron chi connectivity index (χ0n) is 16.8. The molecule has 1 aromatic heterocycles. The van der Waals surface area contributed by atoms with Crippen molar-refractivity contribution in [3.63, 3.8) is 0 Å². The Balaban J connectivity index is 1.62. The summed E-state index contributed by atoms with van der Waals surface area (Å²) >= 11 is 0. The molecule has 2 N–H and O–H groups in total. The first kappa shape index (κ1) is 20.1. The highest BCUT2D eigenvalue weighted by atomic mass is 19.1. The van der Waals surface area contributed by atoms with E-state index in [-0.39, 0.29) is 23.9 Å². The maximum atomic E-state index is 14.0. The average molecular weight is 409 g/mol. The lowest BCUT2D eigenvalue weighted by atomic mass is 10.1. The minimum absolute atomic E-state index is 0.0966. The number of aromatic amines is 1. The second-order valence-corrected chi connectivity index (χ2v) is 7.59. The summed E-state index contributed by atoms with van der Waals surface area (Å²) in [5.41, 5.74) is 2.09. The van der Waals surface area contributed by atoms with Gasteiger partial charge in [0.25, 0.3) is 5.56 Å². The smallest absolute Gasteiger partial charge is 0.322 e. The van der Waals surface area contributed by atoms with Crippen LogP contribution in [0.15, 0.2) is 53.3 Å². The fourth-order valence-corrected chi connectivity index (χ4v) is 3.76. The molecule has 0 radical (unpaired) electrons. The number of nitrogens with one attached hydrogen (secondary N) is 2. The Bertz CT molecular complexity index is 1120. The van der Waals surface area contributed by atoms with E-state index < -0.39 is 11.8 Å². The van der Waals surface area contributed by atoms with Crippen LogP contribution in [0, 0.1) is 12.7 Å². The van der Waals surface area contributed by atoms with E-state index in [0.717, 1.165) is 29.3 Å². The zero-order valence-corrected chi connectivity index (χ0v) is 16.8. The van der Waals surface area contributed by atoms with Crippen LogP contribution in [0.25, 0.3) is 10.9 Å². The molecule has 1 atom stereocenters. The molecule has 2 heterocycles. The number of pyridine rings is 1. The number of nitrogens with zero attached hydrogens (tertiary/aromatic N) is 1. The third-order valence-corrected chi connectivity index (χ3v) is 5.38. The predicted octanol–water partition coefficient (Wildman–Crippen LogP) is 4.19. The number of aromatic nitrogens is 1. The van der Waals surface area contributed by atoms with Crippen molar-refractivity contribution in [2.24, 2.45) is 0 Å². The van der Waals surface area contributed by atoms with Crippen molar-refractivity contribution in [3.8, 4) is 0 Å². The van der Waals surface area contributed by atoms with Crippen molar-refractivity contribution in [2.45, 2.75) is 32.4 Å². The number of halogens is 1. The van der Waals surface area contributed by atoms with Gasteiger partial charge in [-0.05, 0) is 48.9 Å². The van der Waals surface area contributed by atoms with E-state index in [2.05, 4.69) is 10.3 Å². The molecule has 156 valence electrons. The predicted molar refractivity (Wildman–Crippen MR) is 114 cm³/mol. The molecule has 1 aliphatic heterocycles. The van der Waals surface area contributed by atoms with Crippen LogP contribution >= 0.6 is 0 Å². The van der Waals surface area contributed by atoms with Crippen LogP contribution in [0.1, 0.15) is 24.0 Å². The van der Waals surface area contributed by atoms with Gasteiger partial charge in [-0.3, -0.25) is 4.79 Å². The lowest BCUT2D eigenvalue weighted by Gasteiger charge is -2.26. The van der Waals surface area contributed by atoms with Crippen LogP contribution in [0.2, 0.25) is 0 Å². The zero-order chi connectivity index (χ0) is 21.1. The summed E-state index contributed by atoms with van der Waals surface area (Å²) < 4.78 is 19.7. The molecule has 1 fully saturated rings. The molecular formula is C23H24FN3O3. The van der Waals surface area contributed by atoms with Gasteiger partial charge >= 0.3 is 6.03 Å². The van der Waals surface area contributed by atoms with E-state index in [0.29, 0.717) is 18.7 Å². The number of aryl methyl sites for hydroxylation is 1. The molecule has 1 aliphatic rings. The first-order chi connectivity index (χ1) is 14.5. The number of anilines is 1. The number of hydrogen-bond donors (Lipinski definition) is 2. The number of hydrogen-bond acceptors (Lipinski definition) is 3. The molecule has 0 aliphatic carbocycles. The molecule has 0 unspecified atom stereocenters. The van der Waals surface area contributed by atoms with Gasteiger partial charge in [0.1, 0.15) is 5.82 Å². The van der Waals surface area contributed by atoms with Gasteiger partial charge in [-0.15, -0.1) is 0 Å². The summed E-state index contributed by atoms with van der Waals surface area (Å²) in [6.45, 7) is 3.01. The lowest BCUT2D eigenvalue weighted by Crippen LogP contribution is -2.41. The van der Waals surface area contributed by atoms with Gasteiger partial charge in [0.05, 0.1) is 23.9 Å². The maximum Gasteiger partial charge on any atom is 0.322 e. The quantitative estimate of drug-likeness (QED) is 0.664. The first-order valence-electron chi connectivity index (χ1n) is 10.0. The fraction of sp³-hybridized carbons (Fsp3) is 0.304. The Morgan fingerprint density at radius 2 is 2.10 bits per heavy atom. The third-order valence-electron chi connectivity index (χ3n) is 5.38. The largest absolute Gasteiger partial charge is 0.376 e. The van der Waals surface area contributed by atoms with Gasteiger partial charge in [-0.1, -0.05) is 30.3 Å². The standard InChI is InChI=1S/C23H24FN3O3/c1-15-6-4-7-16-12-17(22(28)26-21(15)16)13-27(14-18-8-5-11-30-18)23(29)25-20-10-3-2-9-19(20)24/h2-4,6-7,9-10,12,18H,5,8,11,13-14H2,1H3,(H,25,29)(H,26,28)/t18-/m1/s1. The van der Waals surface area contributed by atoms with Gasteiger partial charge in [-0.2, -0.15) is 0 Å². The highest BCUT2D eigenvalue weighted by molar-refractivity contribution is 5.89. The van der Waals surface area contributed by atoms with Crippen molar-refractivity contribution in [1.82, 2.24) is 9.88 Å². The second-order valence-electron chi connectivity index (χ2n) is 7.59. The normalized spacial score (nSPS) is 16.0. The summed E-state index contributed by atoms with van der Waals surface area (Å²) in [5.74, 6) is -0.512. The number of rotatable bonds is 5. The first-order valence-corrected chi connectivity index (χ1v) is 10.0. The highest BCUT2D eigenvalue weighted by Gasteiger charge is 2.24. The number of urea groups is 1. The van der Waals surface area contributed by atoms with Crippen LogP contribution in [0.5, 0.6) is 0 Å². The van der Waals surface area contributed by atoms with E-state index in [1.54, 1.807) is 18.2 Å². The summed E-state index contributed by atoms with van der Waals surface area (Å²) in [6.07, 6.45) is 1.68. The molecule has 0 spiro atoms. The van der Waals surface area contributed by atoms with E-state index in [4.69, 9.17) is 4.74 Å². The Labute approximate surface area is 173 Å². The number of para-hydroxylation sites is 2. The van der Waals surface area contributed by atoms with Crippen LogP contribution in [-0.2, 0) is 11.3 Å². The van der Waals surface area contributed by atoms with Gasteiger partial charge in [-0.25, -0.2) is 9.18 Å². The minimum Gasteiger partial charge on any atom is -0.376 e. The van der Waals surface area contributed by atoms with Crippen molar-refractivity contribution in [1.29, 1.82) is 0 Å². The van der Waals surface area contributed by atoms with Gasteiger partial charge in [0.2, 0.25) is 0 Å². The van der Waals surface area contributed by atoms with Crippen molar-refractivity contribution >= 4 is 22.6 Å². The van der Waals surface area contributed by atoms with Crippen molar-refractivity contribution in [3.05, 3.63) is 75.8 Å². The van der Waals surface area contributed by atoms with Gasteiger partial charge in [0.15, 0.2) is 0 Å². The molecule has 0 saturated carbocycles. The maximum absolute atomic E-state index is 14.0. The van der Waals surface area contributed by atoms with Gasteiger partial charge in [0, 0.05) is 18.7 Å². The Morgan fingerprint density at radius 1 is 1.27 bits per heavy atom. The number of carbonyl (C=O) groups is 1. The van der Waals surface area contributed by atoms with Crippen LogP contribution < -0.4 is 10.9 Å². The minimum atomic E-state index is -0.512. The van der Waals surface area contributed by atoms with Crippen LogP contribution in [0.4, 0.5) is 14.9 Å². The average Bonchev–Trinajstić information content (AvgIpc) is 3.24. The summed E-state index contributed by atoms with van der Waals surface area (Å²) in [5, 5.41) is 3.51. The molecule has 7 heteroatoms. The molecule has 1 saturated heterocycles. The second kappa shape index (κ2) is 8.67. The molecule has 2 amide bonds. The summed E-state index contributed by atoms with van der Waals surface area (Å²) in [4.78, 5) is 30.1. The number of carbonyl (C=O) groups excluding carboxylic acids is 1. The number of ether oxygens (including phenoxy) is 1. The molecule has 30 heavy (non-hydrogen) atoms. The molecule has 4 rings (SSSR count). The molecule has 3 aromatic rings.